The molecule has 22 heavy (non-hydrogen) atoms. The van der Waals surface area contributed by atoms with Crippen LogP contribution in [0.15, 0.2) is 84.9 Å². The molecular formula is C20H17NO. The summed E-state index contributed by atoms with van der Waals surface area (Å²) < 4.78 is 0. The lowest BCUT2D eigenvalue weighted by atomic mass is 9.68. The molecule has 0 unspecified atom stereocenters. The number of hydrogen-bond donors (Lipinski definition) is 1. The van der Waals surface area contributed by atoms with Crippen LogP contribution in [0.1, 0.15) is 16.7 Å². The minimum atomic E-state index is -0.239. The molecule has 0 fully saturated rings. The van der Waals surface area contributed by atoms with Gasteiger partial charge in [0.25, 0.3) is 0 Å². The number of rotatable bonds is 2. The van der Waals surface area contributed by atoms with Gasteiger partial charge in [-0.2, -0.15) is 5.48 Å². The number of benzene rings is 3. The fraction of sp³-hybridized carbons (Fsp3) is 0.100. The topological polar surface area (TPSA) is 21.3 Å². The Hall–Kier alpha value is -2.58. The quantitative estimate of drug-likeness (QED) is 0.771. The molecule has 0 spiro atoms. The number of hydrogen-bond acceptors (Lipinski definition) is 2. The van der Waals surface area contributed by atoms with Crippen LogP contribution in [-0.2, 0) is 5.41 Å². The summed E-state index contributed by atoms with van der Waals surface area (Å²) >= 11 is 0. The molecule has 1 heterocycles. The fourth-order valence-electron chi connectivity index (χ4n) is 3.35. The molecule has 1 N–H and O–H groups in total. The van der Waals surface area contributed by atoms with Gasteiger partial charge in [-0.25, -0.2) is 0 Å². The van der Waals surface area contributed by atoms with Crippen LogP contribution in [0.2, 0.25) is 0 Å². The first kappa shape index (κ1) is 13.1. The lowest BCUT2D eigenvalue weighted by Crippen LogP contribution is -2.45. The highest BCUT2D eigenvalue weighted by atomic mass is 16.6. The molecule has 1 aliphatic heterocycles. The van der Waals surface area contributed by atoms with Crippen LogP contribution >= 0.6 is 0 Å². The van der Waals surface area contributed by atoms with Crippen molar-refractivity contribution in [3.8, 4) is 5.75 Å². The monoisotopic (exact) mass is 287 g/mol. The highest BCUT2D eigenvalue weighted by molar-refractivity contribution is 5.56. The summed E-state index contributed by atoms with van der Waals surface area (Å²) in [6.45, 7) is 0.706. The summed E-state index contributed by atoms with van der Waals surface area (Å²) in [5.41, 5.74) is 6.63. The van der Waals surface area contributed by atoms with Gasteiger partial charge in [0.15, 0.2) is 5.75 Å². The fourth-order valence-corrected chi connectivity index (χ4v) is 3.35. The third kappa shape index (κ3) is 1.92. The van der Waals surface area contributed by atoms with E-state index in [-0.39, 0.29) is 5.41 Å². The van der Waals surface area contributed by atoms with E-state index in [4.69, 9.17) is 4.84 Å². The zero-order valence-electron chi connectivity index (χ0n) is 12.2. The van der Waals surface area contributed by atoms with Gasteiger partial charge < -0.3 is 4.84 Å². The number of fused-ring (bicyclic) bond motifs is 1. The highest BCUT2D eigenvalue weighted by Gasteiger charge is 2.41. The van der Waals surface area contributed by atoms with Crippen LogP contribution < -0.4 is 10.3 Å². The number of nitrogens with one attached hydrogen (secondary N) is 1. The molecule has 2 nitrogen and oxygen atoms in total. The average molecular weight is 287 g/mol. The van der Waals surface area contributed by atoms with Crippen molar-refractivity contribution < 1.29 is 4.84 Å². The Kier molecular flexibility index (Phi) is 3.17. The van der Waals surface area contributed by atoms with Crippen molar-refractivity contribution in [1.29, 1.82) is 0 Å². The predicted octanol–water partition coefficient (Wildman–Crippen LogP) is 3.92. The molecule has 0 amide bonds. The molecule has 0 saturated heterocycles. The van der Waals surface area contributed by atoms with Gasteiger partial charge in [-0.05, 0) is 17.2 Å². The molecule has 4 rings (SSSR count). The smallest absolute Gasteiger partial charge is 0.151 e. The molecule has 1 aliphatic rings. The Bertz CT molecular complexity index is 728. The van der Waals surface area contributed by atoms with E-state index in [1.807, 2.05) is 12.1 Å². The zero-order valence-corrected chi connectivity index (χ0v) is 12.2. The van der Waals surface area contributed by atoms with Gasteiger partial charge in [-0.1, -0.05) is 78.9 Å². The summed E-state index contributed by atoms with van der Waals surface area (Å²) in [5, 5.41) is 0. The molecular weight excluding hydrogens is 270 g/mol. The summed E-state index contributed by atoms with van der Waals surface area (Å²) in [7, 11) is 0. The second-order valence-corrected chi connectivity index (χ2v) is 5.56. The molecule has 3 aromatic rings. The van der Waals surface area contributed by atoms with E-state index in [1.165, 1.54) is 16.7 Å². The normalized spacial score (nSPS) is 15.6. The Labute approximate surface area is 130 Å². The lowest BCUT2D eigenvalue weighted by Gasteiger charge is -2.40. The third-order valence-electron chi connectivity index (χ3n) is 4.40. The molecule has 0 saturated carbocycles. The van der Waals surface area contributed by atoms with E-state index >= 15 is 0 Å². The molecule has 0 aromatic heterocycles. The molecule has 0 radical (unpaired) electrons. The Morgan fingerprint density at radius 3 is 1.86 bits per heavy atom. The summed E-state index contributed by atoms with van der Waals surface area (Å²) in [6, 6.07) is 29.5. The summed E-state index contributed by atoms with van der Waals surface area (Å²) in [4.78, 5) is 5.67. The van der Waals surface area contributed by atoms with E-state index < -0.39 is 0 Å². The van der Waals surface area contributed by atoms with Crippen molar-refractivity contribution in [2.45, 2.75) is 5.41 Å². The zero-order chi connectivity index (χ0) is 14.8. The molecule has 0 aliphatic carbocycles. The lowest BCUT2D eigenvalue weighted by molar-refractivity contribution is 0.155. The van der Waals surface area contributed by atoms with Crippen LogP contribution in [0.25, 0.3) is 0 Å². The summed E-state index contributed by atoms with van der Waals surface area (Å²) in [6.07, 6.45) is 0. The molecule has 108 valence electrons. The van der Waals surface area contributed by atoms with Gasteiger partial charge in [0.2, 0.25) is 0 Å². The third-order valence-corrected chi connectivity index (χ3v) is 4.40. The minimum Gasteiger partial charge on any atom is -0.408 e. The maximum absolute atomic E-state index is 5.67. The van der Waals surface area contributed by atoms with Gasteiger partial charge in [-0.15, -0.1) is 0 Å². The van der Waals surface area contributed by atoms with Crippen LogP contribution in [0.5, 0.6) is 5.75 Å². The second-order valence-electron chi connectivity index (χ2n) is 5.56. The van der Waals surface area contributed by atoms with Crippen LogP contribution in [0.4, 0.5) is 0 Å². The van der Waals surface area contributed by atoms with Crippen LogP contribution in [0.3, 0.4) is 0 Å². The van der Waals surface area contributed by atoms with Crippen molar-refractivity contribution in [3.05, 3.63) is 102 Å². The maximum Gasteiger partial charge on any atom is 0.151 e. The van der Waals surface area contributed by atoms with E-state index in [9.17, 15) is 0 Å². The van der Waals surface area contributed by atoms with Gasteiger partial charge >= 0.3 is 0 Å². The highest BCUT2D eigenvalue weighted by Crippen LogP contribution is 2.44. The average Bonchev–Trinajstić information content (AvgIpc) is 2.63. The van der Waals surface area contributed by atoms with E-state index in [2.05, 4.69) is 78.3 Å². The van der Waals surface area contributed by atoms with Crippen LogP contribution in [0, 0.1) is 0 Å². The van der Waals surface area contributed by atoms with Crippen molar-refractivity contribution in [2.24, 2.45) is 0 Å². The predicted molar refractivity (Wildman–Crippen MR) is 87.8 cm³/mol. The SMILES string of the molecule is c1ccc(C2(c3ccccc3)CNOc3ccccc32)cc1. The van der Waals surface area contributed by atoms with E-state index in [1.54, 1.807) is 0 Å². The molecule has 0 atom stereocenters. The molecule has 0 bridgehead atoms. The van der Waals surface area contributed by atoms with Gasteiger partial charge in [0.1, 0.15) is 0 Å². The van der Waals surface area contributed by atoms with Crippen molar-refractivity contribution >= 4 is 0 Å². The minimum absolute atomic E-state index is 0.239. The molecule has 2 heteroatoms. The Balaban J connectivity index is 2.04. The van der Waals surface area contributed by atoms with Crippen molar-refractivity contribution in [3.63, 3.8) is 0 Å². The van der Waals surface area contributed by atoms with Crippen molar-refractivity contribution in [1.82, 2.24) is 5.48 Å². The van der Waals surface area contributed by atoms with E-state index in [0.29, 0.717) is 6.54 Å². The van der Waals surface area contributed by atoms with Gasteiger partial charge in [0.05, 0.1) is 5.41 Å². The maximum atomic E-state index is 5.67. The first-order valence-electron chi connectivity index (χ1n) is 7.51. The summed E-state index contributed by atoms with van der Waals surface area (Å²) in [5.74, 6) is 0.890. The largest absolute Gasteiger partial charge is 0.408 e. The van der Waals surface area contributed by atoms with Gasteiger partial charge in [-0.3, -0.25) is 0 Å². The first-order valence-corrected chi connectivity index (χ1v) is 7.51. The second kappa shape index (κ2) is 5.32. The number of para-hydroxylation sites is 1. The van der Waals surface area contributed by atoms with Crippen LogP contribution in [-0.4, -0.2) is 6.54 Å². The van der Waals surface area contributed by atoms with E-state index in [0.717, 1.165) is 5.75 Å². The van der Waals surface area contributed by atoms with Gasteiger partial charge in [0, 0.05) is 12.1 Å². The standard InChI is InChI=1S/C20H17NO/c1-3-9-16(10-4-1)20(17-11-5-2-6-12-17)15-21-22-19-14-8-7-13-18(19)20/h1-14,21H,15H2. The van der Waals surface area contributed by atoms with Crippen molar-refractivity contribution in [2.75, 3.05) is 6.54 Å². The number of hydroxylamine groups is 1. The first-order chi connectivity index (χ1) is 10.9. The Morgan fingerprint density at radius 2 is 1.23 bits per heavy atom. The Morgan fingerprint density at radius 1 is 0.682 bits per heavy atom. The molecule has 3 aromatic carbocycles.